The smallest absolute Gasteiger partial charge is 0.369 e. The second-order valence-electron chi connectivity index (χ2n) is 11.9. The lowest BCUT2D eigenvalue weighted by atomic mass is 9.98. The van der Waals surface area contributed by atoms with Crippen LogP contribution in [-0.4, -0.2) is 68.3 Å². The molecule has 0 radical (unpaired) electrons. The fourth-order valence-electron chi connectivity index (χ4n) is 5.53. The molecule has 1 aromatic heterocycles. The molecule has 0 saturated carbocycles. The molecular weight excluding hydrogens is 633 g/mol. The van der Waals surface area contributed by atoms with Crippen molar-refractivity contribution in [3.8, 4) is 17.9 Å². The Labute approximate surface area is 270 Å². The Bertz CT molecular complexity index is 2010. The van der Waals surface area contributed by atoms with Gasteiger partial charge in [0.25, 0.3) is 17.7 Å². The van der Waals surface area contributed by atoms with Crippen LogP contribution in [0, 0.1) is 29.1 Å². The van der Waals surface area contributed by atoms with Gasteiger partial charge in [0.2, 0.25) is 17.6 Å². The molecule has 13 nitrogen and oxygen atoms in total. The summed E-state index contributed by atoms with van der Waals surface area (Å²) in [4.78, 5) is 69.9. The number of aromatic nitrogens is 3. The normalized spacial score (nSPS) is 18.0. The molecule has 3 aliphatic heterocycles. The Morgan fingerprint density at radius 1 is 1.04 bits per heavy atom. The molecule has 16 heteroatoms. The summed E-state index contributed by atoms with van der Waals surface area (Å²) in [6.45, 7) is 4.02. The summed E-state index contributed by atoms with van der Waals surface area (Å²) in [6.07, 6.45) is -3.39. The highest BCUT2D eigenvalue weighted by Gasteiger charge is 2.45. The van der Waals surface area contributed by atoms with Gasteiger partial charge in [-0.1, -0.05) is 5.92 Å². The fraction of sp³-hybridized carbons (Fsp3) is 0.312. The molecule has 1 atom stereocenters. The lowest BCUT2D eigenvalue weighted by Gasteiger charge is -2.38. The number of nitriles is 1. The number of nitrogens with zero attached hydrogens (tertiary/aromatic N) is 6. The van der Waals surface area contributed by atoms with Crippen LogP contribution in [0.1, 0.15) is 64.4 Å². The molecular formula is C32H25F3N8O5. The number of rotatable bonds is 5. The lowest BCUT2D eigenvalue weighted by Crippen LogP contribution is -2.54. The molecule has 2 aromatic carbocycles. The maximum Gasteiger partial charge on any atom is 0.417 e. The average Bonchev–Trinajstić information content (AvgIpc) is 3.59. The molecule has 0 spiro atoms. The minimum atomic E-state index is -4.78. The van der Waals surface area contributed by atoms with E-state index >= 15 is 0 Å². The molecule has 4 heterocycles. The second kappa shape index (κ2) is 11.6. The molecule has 48 heavy (non-hydrogen) atoms. The monoisotopic (exact) mass is 658 g/mol. The Balaban J connectivity index is 1.08. The van der Waals surface area contributed by atoms with Crippen molar-refractivity contribution in [2.75, 3.05) is 23.3 Å². The number of carbonyl (C=O) groups excluding carboxylic acids is 5. The molecule has 2 saturated heterocycles. The van der Waals surface area contributed by atoms with E-state index in [4.69, 9.17) is 5.26 Å². The largest absolute Gasteiger partial charge is 0.417 e. The predicted molar refractivity (Wildman–Crippen MR) is 160 cm³/mol. The molecule has 244 valence electrons. The van der Waals surface area contributed by atoms with E-state index in [1.165, 1.54) is 37.0 Å². The molecule has 0 aliphatic carbocycles. The Kier molecular flexibility index (Phi) is 7.75. The van der Waals surface area contributed by atoms with E-state index in [0.717, 1.165) is 11.0 Å². The first-order chi connectivity index (χ1) is 22.7. The number of benzene rings is 2. The first kappa shape index (κ1) is 31.9. The molecule has 3 aliphatic rings. The lowest BCUT2D eigenvalue weighted by molar-refractivity contribution is -0.138. The van der Waals surface area contributed by atoms with E-state index < -0.39 is 58.4 Å². The van der Waals surface area contributed by atoms with Crippen molar-refractivity contribution in [2.24, 2.45) is 5.92 Å². The van der Waals surface area contributed by atoms with E-state index in [0.29, 0.717) is 24.8 Å². The van der Waals surface area contributed by atoms with Gasteiger partial charge in [-0.3, -0.25) is 34.2 Å². The van der Waals surface area contributed by atoms with Gasteiger partial charge in [0.05, 0.1) is 34.2 Å². The highest BCUT2D eigenvalue weighted by atomic mass is 19.4. The van der Waals surface area contributed by atoms with Gasteiger partial charge < -0.3 is 10.2 Å². The minimum absolute atomic E-state index is 0.0308. The number of alkyl halides is 3. The zero-order chi connectivity index (χ0) is 34.5. The SMILES string of the molecule is CC(C)(C(=O)Nc1ccc(C#N)c(C(F)(F)F)c1)n1cnc(C#CC2CN(c3ccc4c(c3)C(=O)N(C3CCC(=O)NC3=O)C4=O)C2)n1. The maximum absolute atomic E-state index is 13.3. The van der Waals surface area contributed by atoms with Gasteiger partial charge in [-0.2, -0.15) is 18.4 Å². The summed E-state index contributed by atoms with van der Waals surface area (Å²) in [6, 6.07) is 8.18. The number of amides is 5. The number of halogens is 3. The second-order valence-corrected chi connectivity index (χ2v) is 11.9. The predicted octanol–water partition coefficient (Wildman–Crippen LogP) is 2.43. The van der Waals surface area contributed by atoms with Gasteiger partial charge in [0.1, 0.15) is 17.9 Å². The van der Waals surface area contributed by atoms with Crippen LogP contribution in [0.5, 0.6) is 0 Å². The Morgan fingerprint density at radius 2 is 1.77 bits per heavy atom. The summed E-state index contributed by atoms with van der Waals surface area (Å²) in [7, 11) is 0. The third kappa shape index (κ3) is 5.72. The Hall–Kier alpha value is -6.03. The van der Waals surface area contributed by atoms with E-state index in [-0.39, 0.29) is 41.4 Å². The molecule has 6 rings (SSSR count). The third-order valence-corrected chi connectivity index (χ3v) is 8.38. The van der Waals surface area contributed by atoms with Crippen molar-refractivity contribution >= 4 is 40.9 Å². The number of fused-ring (bicyclic) bond motifs is 1. The van der Waals surface area contributed by atoms with Gasteiger partial charge >= 0.3 is 6.18 Å². The summed E-state index contributed by atoms with van der Waals surface area (Å²) >= 11 is 0. The third-order valence-electron chi connectivity index (χ3n) is 8.38. The van der Waals surface area contributed by atoms with Crippen LogP contribution in [0.25, 0.3) is 0 Å². The van der Waals surface area contributed by atoms with Gasteiger partial charge in [-0.15, -0.1) is 5.10 Å². The number of carbonyl (C=O) groups is 5. The van der Waals surface area contributed by atoms with Crippen molar-refractivity contribution in [2.45, 2.75) is 44.4 Å². The summed E-state index contributed by atoms with van der Waals surface area (Å²) < 4.78 is 41.3. The van der Waals surface area contributed by atoms with Crippen LogP contribution in [0.2, 0.25) is 0 Å². The quantitative estimate of drug-likeness (QED) is 0.309. The number of imide groups is 2. The molecule has 2 fully saturated rings. The van der Waals surface area contributed by atoms with E-state index in [1.54, 1.807) is 18.2 Å². The zero-order valence-corrected chi connectivity index (χ0v) is 25.4. The van der Waals surface area contributed by atoms with Gasteiger partial charge in [0, 0.05) is 30.9 Å². The number of hydrogen-bond acceptors (Lipinski definition) is 9. The number of piperidine rings is 1. The average molecular weight is 659 g/mol. The zero-order valence-electron chi connectivity index (χ0n) is 25.4. The molecule has 1 unspecified atom stereocenters. The molecule has 2 N–H and O–H groups in total. The first-order valence-corrected chi connectivity index (χ1v) is 14.6. The van der Waals surface area contributed by atoms with Gasteiger partial charge in [-0.05, 0) is 62.6 Å². The highest BCUT2D eigenvalue weighted by Crippen LogP contribution is 2.35. The minimum Gasteiger partial charge on any atom is -0.369 e. The van der Waals surface area contributed by atoms with Crippen molar-refractivity contribution in [3.05, 3.63) is 70.8 Å². The van der Waals surface area contributed by atoms with Crippen LogP contribution in [0.15, 0.2) is 42.7 Å². The van der Waals surface area contributed by atoms with Crippen LogP contribution in [-0.2, 0) is 26.1 Å². The van der Waals surface area contributed by atoms with E-state index in [1.807, 2.05) is 4.90 Å². The standard InChI is InChI=1S/C32H25F3N8O5/c1-31(2,30(48)38-19-5-4-18(13-36)23(11-19)32(33,34)35)42-16-37-25(40-42)9-3-17-14-41(15-17)20-6-7-21-22(12-20)29(47)43(28(21)46)24-8-10-26(44)39-27(24)45/h4-7,11-12,16-17,24H,8,10,14-15H2,1-2H3,(H,38,48)(H,39,44,45). The summed E-state index contributed by atoms with van der Waals surface area (Å²) in [5, 5.41) is 17.9. The summed E-state index contributed by atoms with van der Waals surface area (Å²) in [5.74, 6) is 3.00. The maximum atomic E-state index is 13.3. The van der Waals surface area contributed by atoms with Crippen molar-refractivity contribution < 1.29 is 37.1 Å². The van der Waals surface area contributed by atoms with Crippen molar-refractivity contribution in [3.63, 3.8) is 0 Å². The number of nitrogens with one attached hydrogen (secondary N) is 2. The fourth-order valence-corrected chi connectivity index (χ4v) is 5.53. The highest BCUT2D eigenvalue weighted by molar-refractivity contribution is 6.23. The van der Waals surface area contributed by atoms with Crippen molar-refractivity contribution in [1.29, 1.82) is 5.26 Å². The van der Waals surface area contributed by atoms with E-state index in [2.05, 4.69) is 32.6 Å². The molecule has 3 aromatic rings. The first-order valence-electron chi connectivity index (χ1n) is 14.6. The number of anilines is 2. The topological polar surface area (TPSA) is 170 Å². The Morgan fingerprint density at radius 3 is 2.46 bits per heavy atom. The van der Waals surface area contributed by atoms with Gasteiger partial charge in [0.15, 0.2) is 0 Å². The van der Waals surface area contributed by atoms with E-state index in [9.17, 15) is 37.1 Å². The van der Waals surface area contributed by atoms with Crippen LogP contribution < -0.4 is 15.5 Å². The van der Waals surface area contributed by atoms with Crippen LogP contribution >= 0.6 is 0 Å². The molecule has 0 bridgehead atoms. The number of hydrogen-bond donors (Lipinski definition) is 2. The van der Waals surface area contributed by atoms with Crippen LogP contribution in [0.3, 0.4) is 0 Å². The molecule has 5 amide bonds. The van der Waals surface area contributed by atoms with Crippen LogP contribution in [0.4, 0.5) is 24.5 Å². The van der Waals surface area contributed by atoms with Gasteiger partial charge in [-0.25, -0.2) is 9.67 Å². The van der Waals surface area contributed by atoms with Crippen molar-refractivity contribution in [1.82, 2.24) is 25.0 Å². The summed E-state index contributed by atoms with van der Waals surface area (Å²) in [5.41, 5.74) is -2.18.